The summed E-state index contributed by atoms with van der Waals surface area (Å²) in [5.74, 6) is -10.0. The second-order valence-electron chi connectivity index (χ2n) is 3.48. The Hall–Kier alpha value is -2.19. The molecule has 9 heteroatoms. The molecule has 1 aromatic carbocycles. The number of carbonyl (C=O) groups excluding carboxylic acids is 2. The van der Waals surface area contributed by atoms with Crippen molar-refractivity contribution in [1.29, 1.82) is 0 Å². The summed E-state index contributed by atoms with van der Waals surface area (Å²) < 4.78 is 68.9. The first kappa shape index (κ1) is 15.9. The van der Waals surface area contributed by atoms with Crippen LogP contribution in [0, 0.1) is 0 Å². The van der Waals surface area contributed by atoms with Crippen molar-refractivity contribution in [3.63, 3.8) is 0 Å². The topological polar surface area (TPSA) is 52.6 Å². The molecule has 0 aliphatic heterocycles. The molecule has 0 saturated carbocycles. The molecular formula is C11H7F5O4. The van der Waals surface area contributed by atoms with E-state index >= 15 is 0 Å². The van der Waals surface area contributed by atoms with Crippen LogP contribution in [0.15, 0.2) is 24.3 Å². The predicted octanol–water partition coefficient (Wildman–Crippen LogP) is 2.58. The Morgan fingerprint density at radius 1 is 1.00 bits per heavy atom. The van der Waals surface area contributed by atoms with Crippen molar-refractivity contribution in [1.82, 2.24) is 0 Å². The van der Waals surface area contributed by atoms with Gasteiger partial charge in [0.05, 0.1) is 12.7 Å². The average Bonchev–Trinajstić information content (AvgIpc) is 2.37. The maximum atomic E-state index is 12.5. The number of halogens is 5. The number of hydrogen-bond donors (Lipinski definition) is 0. The Labute approximate surface area is 109 Å². The molecule has 0 bridgehead atoms. The van der Waals surface area contributed by atoms with Gasteiger partial charge in [0, 0.05) is 0 Å². The Balaban J connectivity index is 2.82. The largest absolute Gasteiger partial charge is 0.497 e. The van der Waals surface area contributed by atoms with Crippen LogP contribution >= 0.6 is 0 Å². The smallest absolute Gasteiger partial charge is 0.465 e. The van der Waals surface area contributed by atoms with Gasteiger partial charge in [0.15, 0.2) is 0 Å². The number of rotatable bonds is 3. The van der Waals surface area contributed by atoms with E-state index in [9.17, 15) is 31.5 Å². The Bertz CT molecular complexity index is 507. The van der Waals surface area contributed by atoms with Crippen molar-refractivity contribution in [2.75, 3.05) is 7.11 Å². The number of benzene rings is 1. The van der Waals surface area contributed by atoms with Crippen LogP contribution in [0.4, 0.5) is 22.0 Å². The maximum Gasteiger partial charge on any atom is 0.465 e. The highest BCUT2D eigenvalue weighted by Gasteiger charge is 2.65. The molecule has 110 valence electrons. The molecule has 4 nitrogen and oxygen atoms in total. The van der Waals surface area contributed by atoms with Gasteiger partial charge in [-0.3, -0.25) is 0 Å². The highest BCUT2D eigenvalue weighted by Crippen LogP contribution is 2.36. The van der Waals surface area contributed by atoms with Crippen LogP contribution in [0.2, 0.25) is 0 Å². The van der Waals surface area contributed by atoms with Crippen molar-refractivity contribution in [2.45, 2.75) is 12.1 Å². The fraction of sp³-hybridized carbons (Fsp3) is 0.273. The number of carbonyl (C=O) groups is 2. The second-order valence-corrected chi connectivity index (χ2v) is 3.48. The zero-order valence-electron chi connectivity index (χ0n) is 9.83. The van der Waals surface area contributed by atoms with E-state index in [4.69, 9.17) is 4.74 Å². The third-order valence-corrected chi connectivity index (χ3v) is 2.12. The minimum Gasteiger partial charge on any atom is -0.497 e. The molecule has 0 aromatic heterocycles. The van der Waals surface area contributed by atoms with Crippen molar-refractivity contribution in [3.8, 4) is 5.75 Å². The molecule has 0 amide bonds. The quantitative estimate of drug-likeness (QED) is 0.489. The number of ether oxygens (including phenoxy) is 2. The van der Waals surface area contributed by atoms with Gasteiger partial charge in [-0.15, -0.1) is 0 Å². The summed E-state index contributed by atoms with van der Waals surface area (Å²) in [4.78, 5) is 21.9. The normalized spacial score (nSPS) is 11.9. The van der Waals surface area contributed by atoms with Crippen molar-refractivity contribution >= 4 is 11.9 Å². The summed E-state index contributed by atoms with van der Waals surface area (Å²) in [6, 6.07) is 4.56. The number of methoxy groups -OCH3 is 1. The van der Waals surface area contributed by atoms with Crippen molar-refractivity contribution in [3.05, 3.63) is 29.8 Å². The van der Waals surface area contributed by atoms with Crippen molar-refractivity contribution in [2.24, 2.45) is 0 Å². The average molecular weight is 298 g/mol. The molecule has 20 heavy (non-hydrogen) atoms. The van der Waals surface area contributed by atoms with Gasteiger partial charge in [0.25, 0.3) is 0 Å². The van der Waals surface area contributed by atoms with E-state index in [1.54, 1.807) is 0 Å². The molecule has 1 aromatic rings. The van der Waals surface area contributed by atoms with Crippen LogP contribution < -0.4 is 4.74 Å². The fourth-order valence-corrected chi connectivity index (χ4v) is 1.05. The van der Waals surface area contributed by atoms with Crippen molar-refractivity contribution < 1.29 is 41.0 Å². The van der Waals surface area contributed by atoms with E-state index in [0.717, 1.165) is 12.1 Å². The van der Waals surface area contributed by atoms with Crippen LogP contribution in [0.25, 0.3) is 0 Å². The fourth-order valence-electron chi connectivity index (χ4n) is 1.05. The molecule has 0 radical (unpaired) electrons. The number of esters is 2. The lowest BCUT2D eigenvalue weighted by molar-refractivity contribution is -0.277. The van der Waals surface area contributed by atoms with Gasteiger partial charge < -0.3 is 9.47 Å². The maximum absolute atomic E-state index is 12.5. The van der Waals surface area contributed by atoms with Gasteiger partial charge in [0.2, 0.25) is 0 Å². The number of hydrogen-bond acceptors (Lipinski definition) is 4. The van der Waals surface area contributed by atoms with E-state index in [1.165, 1.54) is 19.2 Å². The molecule has 0 aliphatic carbocycles. The first-order valence-electron chi connectivity index (χ1n) is 4.95. The minimum absolute atomic E-state index is 0.313. The second kappa shape index (κ2) is 5.43. The molecule has 0 fully saturated rings. The standard InChI is InChI=1S/C11H7F5O4/c1-19-7-4-2-6(3-5-7)8(17)20-9(18)10(12,13)11(14,15)16/h2-5H,1H3. The zero-order chi connectivity index (χ0) is 15.6. The van der Waals surface area contributed by atoms with Crippen LogP contribution in [0.1, 0.15) is 10.4 Å². The van der Waals surface area contributed by atoms with Gasteiger partial charge in [0.1, 0.15) is 5.75 Å². The molecule has 0 aliphatic rings. The predicted molar refractivity (Wildman–Crippen MR) is 54.4 cm³/mol. The first-order valence-corrected chi connectivity index (χ1v) is 4.95. The highest BCUT2D eigenvalue weighted by molar-refractivity contribution is 5.98. The monoisotopic (exact) mass is 298 g/mol. The minimum atomic E-state index is -6.13. The Morgan fingerprint density at radius 3 is 1.90 bits per heavy atom. The molecule has 0 saturated heterocycles. The highest BCUT2D eigenvalue weighted by atomic mass is 19.4. The lowest BCUT2D eigenvalue weighted by Crippen LogP contribution is -2.45. The summed E-state index contributed by atoms with van der Waals surface area (Å²) in [6.07, 6.45) is -6.13. The SMILES string of the molecule is COc1ccc(C(=O)OC(=O)C(F)(F)C(F)(F)F)cc1. The van der Waals surface area contributed by atoms with Crippen LogP contribution in [0.3, 0.4) is 0 Å². The van der Waals surface area contributed by atoms with Gasteiger partial charge in [-0.2, -0.15) is 22.0 Å². The van der Waals surface area contributed by atoms with Gasteiger partial charge in [-0.25, -0.2) is 9.59 Å². The molecule has 1 rings (SSSR count). The molecule has 0 atom stereocenters. The van der Waals surface area contributed by atoms with Gasteiger partial charge in [-0.05, 0) is 24.3 Å². The van der Waals surface area contributed by atoms with E-state index in [0.29, 0.717) is 5.75 Å². The van der Waals surface area contributed by atoms with E-state index in [-0.39, 0.29) is 5.56 Å². The third kappa shape index (κ3) is 3.22. The summed E-state index contributed by atoms with van der Waals surface area (Å²) in [6.45, 7) is 0. The Morgan fingerprint density at radius 2 is 1.50 bits per heavy atom. The molecule has 0 heterocycles. The van der Waals surface area contributed by atoms with E-state index in [1.807, 2.05) is 0 Å². The summed E-state index contributed by atoms with van der Waals surface area (Å²) in [5, 5.41) is 0. The Kier molecular flexibility index (Phi) is 4.31. The zero-order valence-corrected chi connectivity index (χ0v) is 9.83. The van der Waals surface area contributed by atoms with Gasteiger partial charge >= 0.3 is 24.0 Å². The molecule has 0 unspecified atom stereocenters. The van der Waals surface area contributed by atoms with E-state index in [2.05, 4.69) is 4.74 Å². The molecule has 0 spiro atoms. The number of alkyl halides is 5. The lowest BCUT2D eigenvalue weighted by Gasteiger charge is -2.16. The van der Waals surface area contributed by atoms with E-state index < -0.39 is 24.0 Å². The third-order valence-electron chi connectivity index (χ3n) is 2.12. The van der Waals surface area contributed by atoms with Crippen LogP contribution in [0.5, 0.6) is 5.75 Å². The molecular weight excluding hydrogens is 291 g/mol. The lowest BCUT2D eigenvalue weighted by atomic mass is 10.2. The van der Waals surface area contributed by atoms with Gasteiger partial charge in [-0.1, -0.05) is 0 Å². The molecule has 0 N–H and O–H groups in total. The summed E-state index contributed by atoms with van der Waals surface area (Å²) in [7, 11) is 1.32. The summed E-state index contributed by atoms with van der Waals surface area (Å²) >= 11 is 0. The summed E-state index contributed by atoms with van der Waals surface area (Å²) in [5.41, 5.74) is -0.378. The first-order chi connectivity index (χ1) is 9.09. The van der Waals surface area contributed by atoms with Crippen LogP contribution in [-0.2, 0) is 9.53 Å². The van der Waals surface area contributed by atoms with Crippen LogP contribution in [-0.4, -0.2) is 31.1 Å².